The minimum Gasteiger partial charge on any atom is -0.481 e. The first kappa shape index (κ1) is 11.6. The van der Waals surface area contributed by atoms with Crippen LogP contribution in [0.1, 0.15) is 17.5 Å². The van der Waals surface area contributed by atoms with Gasteiger partial charge in [-0.05, 0) is 25.5 Å². The van der Waals surface area contributed by atoms with Crippen LogP contribution in [0.2, 0.25) is 0 Å². The van der Waals surface area contributed by atoms with E-state index in [1.807, 2.05) is 32.0 Å². The number of carbonyl (C=O) groups excluding carboxylic acids is 1. The number of aryl methyl sites for hydroxylation is 2. The zero-order valence-corrected chi connectivity index (χ0v) is 9.93. The highest BCUT2D eigenvalue weighted by Gasteiger charge is 2.35. The van der Waals surface area contributed by atoms with Crippen LogP contribution >= 0.6 is 0 Å². The van der Waals surface area contributed by atoms with Crippen molar-refractivity contribution >= 4 is 17.6 Å². The van der Waals surface area contributed by atoms with E-state index in [0.29, 0.717) is 0 Å². The van der Waals surface area contributed by atoms with Gasteiger partial charge in [0.05, 0.1) is 5.92 Å². The van der Waals surface area contributed by atoms with Gasteiger partial charge in [-0.1, -0.05) is 17.7 Å². The number of rotatable bonds is 2. The van der Waals surface area contributed by atoms with E-state index < -0.39 is 11.9 Å². The van der Waals surface area contributed by atoms with Crippen LogP contribution in [0.25, 0.3) is 0 Å². The minimum atomic E-state index is -0.898. The maximum atomic E-state index is 11.8. The van der Waals surface area contributed by atoms with Crippen LogP contribution in [0.5, 0.6) is 0 Å². The van der Waals surface area contributed by atoms with Crippen LogP contribution < -0.4 is 4.90 Å². The molecule has 1 amide bonds. The van der Waals surface area contributed by atoms with Gasteiger partial charge in [-0.25, -0.2) is 0 Å². The number of anilines is 1. The molecule has 4 heteroatoms. The van der Waals surface area contributed by atoms with E-state index >= 15 is 0 Å². The lowest BCUT2D eigenvalue weighted by Crippen LogP contribution is -2.26. The molecule has 1 saturated heterocycles. The fourth-order valence-corrected chi connectivity index (χ4v) is 2.21. The van der Waals surface area contributed by atoms with Crippen molar-refractivity contribution in [2.24, 2.45) is 5.92 Å². The van der Waals surface area contributed by atoms with E-state index in [-0.39, 0.29) is 18.9 Å². The summed E-state index contributed by atoms with van der Waals surface area (Å²) in [6.07, 6.45) is 0.0999. The summed E-state index contributed by atoms with van der Waals surface area (Å²) < 4.78 is 0. The van der Waals surface area contributed by atoms with Crippen molar-refractivity contribution in [2.75, 3.05) is 11.4 Å². The highest BCUT2D eigenvalue weighted by molar-refractivity contribution is 5.99. The quantitative estimate of drug-likeness (QED) is 0.846. The van der Waals surface area contributed by atoms with Crippen molar-refractivity contribution in [3.63, 3.8) is 0 Å². The van der Waals surface area contributed by atoms with Gasteiger partial charge >= 0.3 is 5.97 Å². The van der Waals surface area contributed by atoms with Gasteiger partial charge < -0.3 is 10.0 Å². The van der Waals surface area contributed by atoms with E-state index in [0.717, 1.165) is 16.8 Å². The third-order valence-corrected chi connectivity index (χ3v) is 3.12. The summed E-state index contributed by atoms with van der Waals surface area (Å²) in [6, 6.07) is 5.81. The summed E-state index contributed by atoms with van der Waals surface area (Å²) in [7, 11) is 0. The molecule has 1 atom stereocenters. The first-order valence-corrected chi connectivity index (χ1v) is 5.59. The van der Waals surface area contributed by atoms with Gasteiger partial charge in [0.25, 0.3) is 0 Å². The largest absolute Gasteiger partial charge is 0.481 e. The van der Waals surface area contributed by atoms with Crippen LogP contribution in [0.15, 0.2) is 18.2 Å². The van der Waals surface area contributed by atoms with E-state index in [4.69, 9.17) is 5.11 Å². The summed E-state index contributed by atoms with van der Waals surface area (Å²) in [5, 5.41) is 8.93. The smallest absolute Gasteiger partial charge is 0.308 e. The number of nitrogens with zero attached hydrogens (tertiary/aromatic N) is 1. The molecule has 0 bridgehead atoms. The number of carboxylic acid groups (broad SMARTS) is 1. The van der Waals surface area contributed by atoms with Gasteiger partial charge in [0, 0.05) is 18.7 Å². The second-order valence-electron chi connectivity index (χ2n) is 4.53. The van der Waals surface area contributed by atoms with Crippen LogP contribution in [-0.4, -0.2) is 23.5 Å². The standard InChI is InChI=1S/C13H15NO3/c1-8-3-4-11(9(2)5-8)14-7-10(13(16)17)6-12(14)15/h3-5,10H,6-7H2,1-2H3,(H,16,17)/t10-/m1/s1. The Morgan fingerprint density at radius 3 is 2.65 bits per heavy atom. The predicted octanol–water partition coefficient (Wildman–Crippen LogP) is 1.74. The Labute approximate surface area is 99.9 Å². The first-order valence-electron chi connectivity index (χ1n) is 5.59. The summed E-state index contributed by atoms with van der Waals surface area (Å²) in [5.41, 5.74) is 2.96. The van der Waals surface area contributed by atoms with Crippen molar-refractivity contribution < 1.29 is 14.7 Å². The third-order valence-electron chi connectivity index (χ3n) is 3.12. The van der Waals surface area contributed by atoms with Crippen LogP contribution in [0, 0.1) is 19.8 Å². The minimum absolute atomic E-state index is 0.0999. The van der Waals surface area contributed by atoms with Crippen molar-refractivity contribution in [3.05, 3.63) is 29.3 Å². The average molecular weight is 233 g/mol. The molecule has 0 radical (unpaired) electrons. The normalized spacial score (nSPS) is 19.8. The van der Waals surface area contributed by atoms with E-state index in [2.05, 4.69) is 0 Å². The maximum Gasteiger partial charge on any atom is 0.308 e. The highest BCUT2D eigenvalue weighted by Crippen LogP contribution is 2.28. The Balaban J connectivity index is 2.29. The van der Waals surface area contributed by atoms with Crippen LogP contribution in [0.3, 0.4) is 0 Å². The number of hydrogen-bond acceptors (Lipinski definition) is 2. The maximum absolute atomic E-state index is 11.8. The van der Waals surface area contributed by atoms with Gasteiger partial charge in [0.1, 0.15) is 0 Å². The van der Waals surface area contributed by atoms with E-state index in [9.17, 15) is 9.59 Å². The number of amides is 1. The van der Waals surface area contributed by atoms with Crippen molar-refractivity contribution in [1.29, 1.82) is 0 Å². The topological polar surface area (TPSA) is 57.6 Å². The zero-order chi connectivity index (χ0) is 12.6. The molecule has 1 N–H and O–H groups in total. The molecule has 4 nitrogen and oxygen atoms in total. The number of carbonyl (C=O) groups is 2. The molecule has 1 aliphatic heterocycles. The van der Waals surface area contributed by atoms with Gasteiger partial charge in [-0.15, -0.1) is 0 Å². The third kappa shape index (κ3) is 2.16. The van der Waals surface area contributed by atoms with Crippen molar-refractivity contribution in [1.82, 2.24) is 0 Å². The SMILES string of the molecule is Cc1ccc(N2C[C@H](C(=O)O)CC2=O)c(C)c1. The Hall–Kier alpha value is -1.84. The van der Waals surface area contributed by atoms with Crippen LogP contribution in [-0.2, 0) is 9.59 Å². The lowest BCUT2D eigenvalue weighted by molar-refractivity contribution is -0.141. The highest BCUT2D eigenvalue weighted by atomic mass is 16.4. The number of carboxylic acids is 1. The number of benzene rings is 1. The molecule has 0 saturated carbocycles. The molecule has 1 aromatic carbocycles. The predicted molar refractivity (Wildman–Crippen MR) is 64.0 cm³/mol. The molecule has 17 heavy (non-hydrogen) atoms. The fourth-order valence-electron chi connectivity index (χ4n) is 2.21. The van der Waals surface area contributed by atoms with Gasteiger partial charge in [0.15, 0.2) is 0 Å². The Bertz CT molecular complexity index is 482. The molecule has 1 fully saturated rings. The lowest BCUT2D eigenvalue weighted by Gasteiger charge is -2.19. The first-order chi connectivity index (χ1) is 7.99. The molecule has 2 rings (SSSR count). The zero-order valence-electron chi connectivity index (χ0n) is 9.93. The fraction of sp³-hybridized carbons (Fsp3) is 0.385. The molecule has 1 aromatic rings. The van der Waals surface area contributed by atoms with Crippen LogP contribution in [0.4, 0.5) is 5.69 Å². The summed E-state index contributed by atoms with van der Waals surface area (Å²) in [5.74, 6) is -1.59. The summed E-state index contributed by atoms with van der Waals surface area (Å²) in [6.45, 7) is 4.20. The van der Waals surface area contributed by atoms with Gasteiger partial charge in [-0.3, -0.25) is 9.59 Å². The molecule has 0 aliphatic carbocycles. The molecular weight excluding hydrogens is 218 g/mol. The van der Waals surface area contributed by atoms with Gasteiger partial charge in [0.2, 0.25) is 5.91 Å². The summed E-state index contributed by atoms with van der Waals surface area (Å²) >= 11 is 0. The van der Waals surface area contributed by atoms with E-state index in [1.165, 1.54) is 0 Å². The molecule has 0 unspecified atom stereocenters. The van der Waals surface area contributed by atoms with Crippen molar-refractivity contribution in [2.45, 2.75) is 20.3 Å². The summed E-state index contributed by atoms with van der Waals surface area (Å²) in [4.78, 5) is 24.3. The number of aliphatic carboxylic acids is 1. The van der Waals surface area contributed by atoms with E-state index in [1.54, 1.807) is 4.90 Å². The Morgan fingerprint density at radius 1 is 1.41 bits per heavy atom. The molecule has 0 spiro atoms. The second kappa shape index (κ2) is 4.20. The second-order valence-corrected chi connectivity index (χ2v) is 4.53. The van der Waals surface area contributed by atoms with Gasteiger partial charge in [-0.2, -0.15) is 0 Å². The molecule has 90 valence electrons. The number of hydrogen-bond donors (Lipinski definition) is 1. The monoisotopic (exact) mass is 233 g/mol. The molecular formula is C13H15NO3. The van der Waals surface area contributed by atoms with Crippen molar-refractivity contribution in [3.8, 4) is 0 Å². The molecule has 0 aromatic heterocycles. The Kier molecular flexibility index (Phi) is 2.88. The molecule has 1 heterocycles. The average Bonchev–Trinajstić information content (AvgIpc) is 2.61. The molecule has 1 aliphatic rings. The lowest BCUT2D eigenvalue weighted by atomic mass is 10.1. The Morgan fingerprint density at radius 2 is 2.12 bits per heavy atom.